The summed E-state index contributed by atoms with van der Waals surface area (Å²) < 4.78 is 74.9. The van der Waals surface area contributed by atoms with Gasteiger partial charge in [-0.15, -0.1) is 0 Å². The first-order chi connectivity index (χ1) is 11.8. The number of halogens is 2. The molecule has 0 amide bonds. The first-order valence-electron chi connectivity index (χ1n) is 7.59. The molecule has 0 fully saturated rings. The third kappa shape index (κ3) is 4.39. The van der Waals surface area contributed by atoms with E-state index in [9.17, 15) is 25.6 Å². The molecule has 0 unspecified atom stereocenters. The van der Waals surface area contributed by atoms with Gasteiger partial charge in [-0.2, -0.15) is 8.78 Å². The molecule has 142 valence electrons. The predicted molar refractivity (Wildman–Crippen MR) is 95.6 cm³/mol. The van der Waals surface area contributed by atoms with Gasteiger partial charge in [-0.1, -0.05) is 32.9 Å². The second-order valence-corrected chi connectivity index (χ2v) is 10.3. The van der Waals surface area contributed by atoms with Crippen molar-refractivity contribution in [3.05, 3.63) is 54.1 Å². The van der Waals surface area contributed by atoms with Crippen LogP contribution in [0.5, 0.6) is 0 Å². The highest BCUT2D eigenvalue weighted by Gasteiger charge is 2.26. The molecule has 0 radical (unpaired) electrons. The van der Waals surface area contributed by atoms with Crippen molar-refractivity contribution < 1.29 is 25.6 Å². The van der Waals surface area contributed by atoms with Crippen molar-refractivity contribution >= 4 is 25.5 Å². The first kappa shape index (κ1) is 20.3. The van der Waals surface area contributed by atoms with Crippen molar-refractivity contribution in [2.24, 2.45) is 0 Å². The number of sulfonamides is 1. The van der Waals surface area contributed by atoms with Gasteiger partial charge in [-0.05, 0) is 47.4 Å². The SMILES string of the molecule is CC(C)(C)c1ccc(S(=O)(=O)Nc2ccc(S(=O)(=O)C(F)F)cc2)cc1. The van der Waals surface area contributed by atoms with E-state index < -0.39 is 30.5 Å². The largest absolute Gasteiger partial charge is 0.341 e. The molecule has 0 aliphatic heterocycles. The molecule has 2 aromatic rings. The van der Waals surface area contributed by atoms with E-state index in [0.717, 1.165) is 29.8 Å². The monoisotopic (exact) mass is 403 g/mol. The Bertz CT molecular complexity index is 977. The van der Waals surface area contributed by atoms with E-state index in [1.165, 1.54) is 12.1 Å². The van der Waals surface area contributed by atoms with E-state index in [1.54, 1.807) is 12.1 Å². The summed E-state index contributed by atoms with van der Waals surface area (Å²) >= 11 is 0. The zero-order valence-electron chi connectivity index (χ0n) is 14.4. The lowest BCUT2D eigenvalue weighted by molar-refractivity contribution is 0.234. The van der Waals surface area contributed by atoms with E-state index in [1.807, 2.05) is 20.8 Å². The van der Waals surface area contributed by atoms with E-state index in [-0.39, 0.29) is 16.0 Å². The van der Waals surface area contributed by atoms with E-state index in [2.05, 4.69) is 4.72 Å². The molecule has 0 aliphatic carbocycles. The van der Waals surface area contributed by atoms with E-state index >= 15 is 0 Å². The minimum atomic E-state index is -4.72. The number of hydrogen-bond donors (Lipinski definition) is 1. The average molecular weight is 403 g/mol. The fourth-order valence-corrected chi connectivity index (χ4v) is 3.94. The standard InChI is InChI=1S/C17H19F2NO4S2/c1-17(2,3)12-4-8-15(9-5-12)26(23,24)20-13-6-10-14(11-7-13)25(21,22)16(18)19/h4-11,16,20H,1-3H3. The Labute approximate surface area is 152 Å². The van der Waals surface area contributed by atoms with Crippen LogP contribution in [0.15, 0.2) is 58.3 Å². The Kier molecular flexibility index (Phi) is 5.44. The average Bonchev–Trinajstić information content (AvgIpc) is 2.54. The number of benzene rings is 2. The summed E-state index contributed by atoms with van der Waals surface area (Å²) in [7, 11) is -8.61. The summed E-state index contributed by atoms with van der Waals surface area (Å²) in [5.74, 6) is -3.54. The van der Waals surface area contributed by atoms with Crippen molar-refractivity contribution in [2.75, 3.05) is 4.72 Å². The second kappa shape index (κ2) is 6.96. The minimum absolute atomic E-state index is 0.0368. The molecule has 26 heavy (non-hydrogen) atoms. The van der Waals surface area contributed by atoms with Gasteiger partial charge in [0.25, 0.3) is 10.0 Å². The lowest BCUT2D eigenvalue weighted by atomic mass is 9.87. The van der Waals surface area contributed by atoms with Crippen LogP contribution >= 0.6 is 0 Å². The summed E-state index contributed by atoms with van der Waals surface area (Å²) in [4.78, 5) is -0.542. The number of rotatable bonds is 5. The van der Waals surface area contributed by atoms with Gasteiger partial charge in [-0.3, -0.25) is 4.72 Å². The molecule has 0 atom stereocenters. The molecule has 9 heteroatoms. The van der Waals surface area contributed by atoms with Crippen LogP contribution < -0.4 is 4.72 Å². The van der Waals surface area contributed by atoms with Crippen LogP contribution in [0.4, 0.5) is 14.5 Å². The summed E-state index contributed by atoms with van der Waals surface area (Å²) in [6.07, 6.45) is 0. The van der Waals surface area contributed by atoms with Crippen LogP contribution in [0.2, 0.25) is 0 Å². The minimum Gasteiger partial charge on any atom is -0.280 e. The van der Waals surface area contributed by atoms with Crippen molar-refractivity contribution in [1.82, 2.24) is 0 Å². The molecule has 0 saturated carbocycles. The van der Waals surface area contributed by atoms with E-state index in [4.69, 9.17) is 0 Å². The molecule has 1 N–H and O–H groups in total. The molecule has 0 aliphatic rings. The van der Waals surface area contributed by atoms with Gasteiger partial charge < -0.3 is 0 Å². The van der Waals surface area contributed by atoms with E-state index in [0.29, 0.717) is 0 Å². The highest BCUT2D eigenvalue weighted by atomic mass is 32.2. The molecule has 5 nitrogen and oxygen atoms in total. The fourth-order valence-electron chi connectivity index (χ4n) is 2.16. The van der Waals surface area contributed by atoms with Crippen LogP contribution in [0.3, 0.4) is 0 Å². The summed E-state index contributed by atoms with van der Waals surface area (Å²) in [5.41, 5.74) is 0.915. The van der Waals surface area contributed by atoms with Gasteiger partial charge in [-0.25, -0.2) is 16.8 Å². The summed E-state index contributed by atoms with van der Waals surface area (Å²) in [6.45, 7) is 6.01. The second-order valence-electron chi connectivity index (χ2n) is 6.71. The maximum atomic E-state index is 12.5. The molecule has 0 spiro atoms. The number of anilines is 1. The molecule has 2 aromatic carbocycles. The Balaban J connectivity index is 2.24. The third-order valence-electron chi connectivity index (χ3n) is 3.70. The van der Waals surface area contributed by atoms with Gasteiger partial charge in [0.05, 0.1) is 9.79 Å². The topological polar surface area (TPSA) is 80.3 Å². The highest BCUT2D eigenvalue weighted by molar-refractivity contribution is 7.92. The Morgan fingerprint density at radius 3 is 1.69 bits per heavy atom. The number of nitrogens with one attached hydrogen (secondary N) is 1. The zero-order valence-corrected chi connectivity index (χ0v) is 16.0. The van der Waals surface area contributed by atoms with Crippen LogP contribution in [0, 0.1) is 0 Å². The highest BCUT2D eigenvalue weighted by Crippen LogP contribution is 2.25. The van der Waals surface area contributed by atoms with Crippen LogP contribution in [-0.2, 0) is 25.3 Å². The Morgan fingerprint density at radius 1 is 0.808 bits per heavy atom. The van der Waals surface area contributed by atoms with Crippen molar-refractivity contribution in [1.29, 1.82) is 0 Å². The van der Waals surface area contributed by atoms with Crippen molar-refractivity contribution in [2.45, 2.75) is 41.7 Å². The predicted octanol–water partition coefficient (Wildman–Crippen LogP) is 3.78. The van der Waals surface area contributed by atoms with Crippen LogP contribution in [0.25, 0.3) is 0 Å². The Hall–Kier alpha value is -2.00. The normalized spacial score (nSPS) is 13.0. The number of hydrogen-bond acceptors (Lipinski definition) is 4. The third-order valence-corrected chi connectivity index (χ3v) is 6.50. The smallest absolute Gasteiger partial charge is 0.280 e. The Morgan fingerprint density at radius 2 is 1.27 bits per heavy atom. The maximum absolute atomic E-state index is 12.5. The van der Waals surface area contributed by atoms with Crippen molar-refractivity contribution in [3.63, 3.8) is 0 Å². The molecule has 2 rings (SSSR count). The lowest BCUT2D eigenvalue weighted by Crippen LogP contribution is -2.15. The van der Waals surface area contributed by atoms with Crippen LogP contribution in [-0.4, -0.2) is 22.6 Å². The quantitative estimate of drug-likeness (QED) is 0.824. The van der Waals surface area contributed by atoms with Gasteiger partial charge in [0.15, 0.2) is 0 Å². The molecule has 0 saturated heterocycles. The van der Waals surface area contributed by atoms with Crippen molar-refractivity contribution in [3.8, 4) is 0 Å². The van der Waals surface area contributed by atoms with Gasteiger partial charge in [0.2, 0.25) is 9.84 Å². The molecule has 0 aromatic heterocycles. The zero-order chi connectivity index (χ0) is 19.8. The number of sulfone groups is 1. The summed E-state index contributed by atoms with van der Waals surface area (Å²) in [6, 6.07) is 10.5. The molecular formula is C17H19F2NO4S2. The number of alkyl halides is 2. The summed E-state index contributed by atoms with van der Waals surface area (Å²) in [5, 5.41) is 0. The molecular weight excluding hydrogens is 384 g/mol. The first-order valence-corrected chi connectivity index (χ1v) is 10.6. The van der Waals surface area contributed by atoms with Crippen LogP contribution in [0.1, 0.15) is 26.3 Å². The molecule has 0 heterocycles. The fraction of sp³-hybridized carbons (Fsp3) is 0.294. The molecule has 0 bridgehead atoms. The van der Waals surface area contributed by atoms with Gasteiger partial charge in [0.1, 0.15) is 0 Å². The van der Waals surface area contributed by atoms with Gasteiger partial charge >= 0.3 is 5.76 Å². The maximum Gasteiger partial charge on any atom is 0.341 e. The lowest BCUT2D eigenvalue weighted by Gasteiger charge is -2.19. The van der Waals surface area contributed by atoms with Gasteiger partial charge in [0, 0.05) is 5.69 Å².